The summed E-state index contributed by atoms with van der Waals surface area (Å²) in [4.78, 5) is 4.47. The molecule has 1 saturated carbocycles. The molecule has 1 aliphatic rings. The normalized spacial score (nSPS) is 14.3. The van der Waals surface area contributed by atoms with E-state index in [0.717, 1.165) is 15.9 Å². The maximum Gasteiger partial charge on any atom is 0.219 e. The molecule has 0 unspecified atom stereocenters. The van der Waals surface area contributed by atoms with Gasteiger partial charge in [0.2, 0.25) is 5.88 Å². The number of pyridine rings is 1. The van der Waals surface area contributed by atoms with E-state index < -0.39 is 0 Å². The molecule has 1 N–H and O–H groups in total. The third kappa shape index (κ3) is 3.51. The molecule has 1 aromatic carbocycles. The third-order valence-electron chi connectivity index (χ3n) is 3.08. The number of hydrogen-bond donors (Lipinski definition) is 1. The van der Waals surface area contributed by atoms with Crippen molar-refractivity contribution in [3.63, 3.8) is 0 Å². The van der Waals surface area contributed by atoms with Crippen LogP contribution in [0.3, 0.4) is 0 Å². The SMILES string of the molecule is Clc1ccc(Oc2ccccc2Br)nc1CNC1CC1. The van der Waals surface area contributed by atoms with Gasteiger partial charge in [-0.2, -0.15) is 0 Å². The smallest absolute Gasteiger partial charge is 0.219 e. The lowest BCUT2D eigenvalue weighted by molar-refractivity contribution is 0.456. The maximum absolute atomic E-state index is 6.17. The van der Waals surface area contributed by atoms with Crippen LogP contribution < -0.4 is 10.1 Å². The van der Waals surface area contributed by atoms with Crippen LogP contribution in [0.2, 0.25) is 5.02 Å². The Morgan fingerprint density at radius 2 is 2.05 bits per heavy atom. The highest BCUT2D eigenvalue weighted by molar-refractivity contribution is 9.10. The van der Waals surface area contributed by atoms with Gasteiger partial charge in [-0.3, -0.25) is 0 Å². The van der Waals surface area contributed by atoms with Crippen molar-refractivity contribution in [2.75, 3.05) is 0 Å². The van der Waals surface area contributed by atoms with Crippen molar-refractivity contribution in [1.82, 2.24) is 10.3 Å². The summed E-state index contributed by atoms with van der Waals surface area (Å²) in [7, 11) is 0. The minimum atomic E-state index is 0.550. The van der Waals surface area contributed by atoms with Crippen LogP contribution in [0.5, 0.6) is 11.6 Å². The molecule has 0 atom stereocenters. The van der Waals surface area contributed by atoms with Crippen LogP contribution in [0.4, 0.5) is 0 Å². The van der Waals surface area contributed by atoms with Crippen LogP contribution in [0.25, 0.3) is 0 Å². The Morgan fingerprint density at radius 1 is 1.25 bits per heavy atom. The molecule has 5 heteroatoms. The van der Waals surface area contributed by atoms with Gasteiger partial charge >= 0.3 is 0 Å². The predicted molar refractivity (Wildman–Crippen MR) is 83.3 cm³/mol. The van der Waals surface area contributed by atoms with Crippen molar-refractivity contribution >= 4 is 27.5 Å². The van der Waals surface area contributed by atoms with Gasteiger partial charge in [0.1, 0.15) is 5.75 Å². The molecular weight excluding hydrogens is 340 g/mol. The van der Waals surface area contributed by atoms with Gasteiger partial charge in [0.05, 0.1) is 15.2 Å². The molecule has 0 amide bonds. The summed E-state index contributed by atoms with van der Waals surface area (Å²) in [6.45, 7) is 0.677. The molecule has 3 rings (SSSR count). The molecule has 104 valence electrons. The molecule has 0 bridgehead atoms. The van der Waals surface area contributed by atoms with E-state index in [0.29, 0.717) is 23.5 Å². The Balaban J connectivity index is 1.75. The highest BCUT2D eigenvalue weighted by Gasteiger charge is 2.20. The fourth-order valence-electron chi connectivity index (χ4n) is 1.81. The monoisotopic (exact) mass is 352 g/mol. The fourth-order valence-corrected chi connectivity index (χ4v) is 2.35. The fraction of sp³-hybridized carbons (Fsp3) is 0.267. The van der Waals surface area contributed by atoms with Gasteiger partial charge in [0.25, 0.3) is 0 Å². The van der Waals surface area contributed by atoms with Gasteiger partial charge in [-0.1, -0.05) is 23.7 Å². The third-order valence-corrected chi connectivity index (χ3v) is 4.08. The van der Waals surface area contributed by atoms with E-state index in [9.17, 15) is 0 Å². The van der Waals surface area contributed by atoms with E-state index in [1.807, 2.05) is 30.3 Å². The van der Waals surface area contributed by atoms with Gasteiger partial charge in [0.15, 0.2) is 0 Å². The summed E-state index contributed by atoms with van der Waals surface area (Å²) in [5.41, 5.74) is 0.822. The quantitative estimate of drug-likeness (QED) is 0.857. The van der Waals surface area contributed by atoms with Crippen molar-refractivity contribution in [3.8, 4) is 11.6 Å². The van der Waals surface area contributed by atoms with Crippen LogP contribution in [0.15, 0.2) is 40.9 Å². The van der Waals surface area contributed by atoms with E-state index in [-0.39, 0.29) is 0 Å². The first-order valence-corrected chi connectivity index (χ1v) is 7.70. The molecule has 2 aromatic rings. The van der Waals surface area contributed by atoms with E-state index in [1.54, 1.807) is 6.07 Å². The lowest BCUT2D eigenvalue weighted by atomic mass is 10.3. The first-order valence-electron chi connectivity index (χ1n) is 6.53. The second kappa shape index (κ2) is 6.12. The minimum absolute atomic E-state index is 0.550. The van der Waals surface area contributed by atoms with Crippen molar-refractivity contribution in [1.29, 1.82) is 0 Å². The van der Waals surface area contributed by atoms with Crippen LogP contribution in [-0.2, 0) is 6.54 Å². The molecule has 20 heavy (non-hydrogen) atoms. The largest absolute Gasteiger partial charge is 0.438 e. The summed E-state index contributed by atoms with van der Waals surface area (Å²) in [5, 5.41) is 4.07. The summed E-state index contributed by atoms with van der Waals surface area (Å²) >= 11 is 9.62. The molecule has 1 fully saturated rings. The van der Waals surface area contributed by atoms with Crippen LogP contribution in [0.1, 0.15) is 18.5 Å². The average molecular weight is 354 g/mol. The molecule has 1 aliphatic carbocycles. The number of benzene rings is 1. The molecule has 0 saturated heterocycles. The highest BCUT2D eigenvalue weighted by atomic mass is 79.9. The van der Waals surface area contributed by atoms with Gasteiger partial charge in [0, 0.05) is 18.7 Å². The molecule has 1 heterocycles. The van der Waals surface area contributed by atoms with Crippen molar-refractivity contribution in [2.45, 2.75) is 25.4 Å². The summed E-state index contributed by atoms with van der Waals surface area (Å²) in [6.07, 6.45) is 2.48. The Kier molecular flexibility index (Phi) is 4.24. The standard InChI is InChI=1S/C15H14BrClN2O/c16-11-3-1-2-4-14(11)20-15-8-7-12(17)13(19-15)9-18-10-5-6-10/h1-4,7-8,10,18H,5-6,9H2. The number of hydrogen-bond acceptors (Lipinski definition) is 3. The van der Waals surface area contributed by atoms with Gasteiger partial charge in [-0.15, -0.1) is 0 Å². The van der Waals surface area contributed by atoms with Crippen molar-refractivity contribution in [2.24, 2.45) is 0 Å². The number of aromatic nitrogens is 1. The first kappa shape index (κ1) is 13.9. The molecule has 1 aromatic heterocycles. The summed E-state index contributed by atoms with van der Waals surface area (Å²) in [6, 6.07) is 11.9. The Labute approximate surface area is 131 Å². The highest BCUT2D eigenvalue weighted by Crippen LogP contribution is 2.29. The second-order valence-corrected chi connectivity index (χ2v) is 6.03. The van der Waals surface area contributed by atoms with Crippen LogP contribution in [-0.4, -0.2) is 11.0 Å². The van der Waals surface area contributed by atoms with Gasteiger partial charge in [-0.05, 0) is 47.0 Å². The number of halogens is 2. The van der Waals surface area contributed by atoms with E-state index >= 15 is 0 Å². The molecule has 0 spiro atoms. The molecule has 3 nitrogen and oxygen atoms in total. The minimum Gasteiger partial charge on any atom is -0.438 e. The Bertz CT molecular complexity index is 617. The molecular formula is C15H14BrClN2O. The van der Waals surface area contributed by atoms with Crippen LogP contribution >= 0.6 is 27.5 Å². The number of para-hydroxylation sites is 1. The number of ether oxygens (including phenoxy) is 1. The lowest BCUT2D eigenvalue weighted by Crippen LogP contribution is -2.16. The zero-order valence-corrected chi connectivity index (χ0v) is 13.1. The predicted octanol–water partition coefficient (Wildman–Crippen LogP) is 4.54. The summed E-state index contributed by atoms with van der Waals surface area (Å²) < 4.78 is 6.68. The Hall–Kier alpha value is -1.10. The average Bonchev–Trinajstić information content (AvgIpc) is 3.26. The van der Waals surface area contributed by atoms with Gasteiger partial charge < -0.3 is 10.1 Å². The molecule has 0 radical (unpaired) electrons. The molecule has 0 aliphatic heterocycles. The Morgan fingerprint density at radius 3 is 2.80 bits per heavy atom. The van der Waals surface area contributed by atoms with Crippen molar-refractivity contribution < 1.29 is 4.74 Å². The zero-order valence-electron chi connectivity index (χ0n) is 10.8. The number of rotatable bonds is 5. The number of nitrogens with one attached hydrogen (secondary N) is 1. The maximum atomic E-state index is 6.17. The second-order valence-electron chi connectivity index (χ2n) is 4.77. The topological polar surface area (TPSA) is 34.1 Å². The van der Waals surface area contributed by atoms with E-state index in [4.69, 9.17) is 16.3 Å². The summed E-state index contributed by atoms with van der Waals surface area (Å²) in [5.74, 6) is 1.29. The van der Waals surface area contributed by atoms with Gasteiger partial charge in [-0.25, -0.2) is 4.98 Å². The van der Waals surface area contributed by atoms with Crippen LogP contribution in [0, 0.1) is 0 Å². The van der Waals surface area contributed by atoms with E-state index in [2.05, 4.69) is 26.2 Å². The zero-order chi connectivity index (χ0) is 13.9. The lowest BCUT2D eigenvalue weighted by Gasteiger charge is -2.10. The van der Waals surface area contributed by atoms with Crippen molar-refractivity contribution in [3.05, 3.63) is 51.6 Å². The van der Waals surface area contributed by atoms with E-state index in [1.165, 1.54) is 12.8 Å². The number of nitrogens with zero attached hydrogens (tertiary/aromatic N) is 1. The first-order chi connectivity index (χ1) is 9.72.